The maximum absolute atomic E-state index is 5.12. The molecule has 0 heterocycles. The second kappa shape index (κ2) is 5.37. The Morgan fingerprint density at radius 3 is 2.86 bits per heavy atom. The lowest BCUT2D eigenvalue weighted by Crippen LogP contribution is -1.91. The van der Waals surface area contributed by atoms with Gasteiger partial charge in [0.05, 0.1) is 0 Å². The van der Waals surface area contributed by atoms with E-state index in [-0.39, 0.29) is 0 Å². The van der Waals surface area contributed by atoms with Gasteiger partial charge in [-0.05, 0) is 6.08 Å². The van der Waals surface area contributed by atoms with Crippen molar-refractivity contribution in [3.05, 3.63) is 12.2 Å². The smallest absolute Gasteiger partial charge is 0.0277 e. The average molecular weight is 98.1 g/mol. The van der Waals surface area contributed by atoms with Crippen molar-refractivity contribution in [2.45, 2.75) is 0 Å². The Kier molecular flexibility index (Phi) is 4.89. The number of hydrogen-bond acceptors (Lipinski definition) is 2. The first-order chi connectivity index (χ1) is 3.41. The van der Waals surface area contributed by atoms with Crippen LogP contribution in [0.2, 0.25) is 0 Å². The van der Waals surface area contributed by atoms with E-state index in [4.69, 9.17) is 5.73 Å². The van der Waals surface area contributed by atoms with E-state index < -0.39 is 0 Å². The van der Waals surface area contributed by atoms with E-state index in [1.54, 1.807) is 13.3 Å². The quantitative estimate of drug-likeness (QED) is 0.492. The summed E-state index contributed by atoms with van der Waals surface area (Å²) >= 11 is 0. The number of hydrogen-bond donors (Lipinski definition) is 1. The molecule has 0 aliphatic carbocycles. The molecule has 0 bridgehead atoms. The van der Waals surface area contributed by atoms with Crippen LogP contribution in [0.4, 0.5) is 0 Å². The van der Waals surface area contributed by atoms with E-state index in [2.05, 4.69) is 4.99 Å². The van der Waals surface area contributed by atoms with E-state index >= 15 is 0 Å². The van der Waals surface area contributed by atoms with E-state index in [1.807, 2.05) is 12.2 Å². The number of nitrogens with two attached hydrogens (primary N) is 1. The Balaban J connectivity index is 3.09. The van der Waals surface area contributed by atoms with Crippen LogP contribution < -0.4 is 5.73 Å². The molecule has 0 aliphatic rings. The van der Waals surface area contributed by atoms with Gasteiger partial charge in [0.15, 0.2) is 0 Å². The van der Waals surface area contributed by atoms with E-state index in [9.17, 15) is 0 Å². The van der Waals surface area contributed by atoms with Crippen LogP contribution in [0.25, 0.3) is 0 Å². The first kappa shape index (κ1) is 6.37. The van der Waals surface area contributed by atoms with Crippen LogP contribution in [-0.4, -0.2) is 19.8 Å². The third-order valence-electron chi connectivity index (χ3n) is 0.507. The van der Waals surface area contributed by atoms with Gasteiger partial charge in [0.25, 0.3) is 0 Å². The predicted octanol–water partition coefficient (Wildman–Crippen LogP) is 0.202. The van der Waals surface area contributed by atoms with Crippen LogP contribution in [-0.2, 0) is 0 Å². The molecule has 7 heavy (non-hydrogen) atoms. The van der Waals surface area contributed by atoms with Crippen molar-refractivity contribution in [3.63, 3.8) is 0 Å². The van der Waals surface area contributed by atoms with E-state index in [0.717, 1.165) is 0 Å². The van der Waals surface area contributed by atoms with Gasteiger partial charge < -0.3 is 5.73 Å². The lowest BCUT2D eigenvalue weighted by atomic mass is 10.5. The molecular formula is C5H10N2. The van der Waals surface area contributed by atoms with Crippen LogP contribution in [0.1, 0.15) is 0 Å². The molecule has 0 aromatic heterocycles. The minimum atomic E-state index is 0.589. The van der Waals surface area contributed by atoms with Gasteiger partial charge >= 0.3 is 0 Å². The molecule has 0 fully saturated rings. The Morgan fingerprint density at radius 2 is 2.43 bits per heavy atom. The summed E-state index contributed by atoms with van der Waals surface area (Å²) in [5.74, 6) is 0. The van der Waals surface area contributed by atoms with Crippen molar-refractivity contribution in [2.75, 3.05) is 13.6 Å². The molecule has 0 aromatic rings. The Bertz CT molecular complexity index is 74.1. The van der Waals surface area contributed by atoms with Crippen molar-refractivity contribution >= 4 is 6.21 Å². The van der Waals surface area contributed by atoms with Crippen molar-refractivity contribution in [1.82, 2.24) is 0 Å². The molecule has 2 nitrogen and oxygen atoms in total. The standard InChI is InChI=1S/C5H10N2/c1-7-5-3-2-4-6/h2-3,5H,4,6H2,1H3/b3-2-,7-5-. The highest BCUT2D eigenvalue weighted by molar-refractivity contribution is 5.70. The van der Waals surface area contributed by atoms with E-state index in [0.29, 0.717) is 6.54 Å². The molecule has 0 saturated carbocycles. The molecule has 0 saturated heterocycles. The molecule has 0 atom stereocenters. The number of allylic oxidation sites excluding steroid dienone is 1. The SMILES string of the molecule is C/N=C\C=C/CN. The van der Waals surface area contributed by atoms with Crippen LogP contribution in [0.3, 0.4) is 0 Å². The van der Waals surface area contributed by atoms with Gasteiger partial charge in [0.1, 0.15) is 0 Å². The summed E-state index contributed by atoms with van der Waals surface area (Å²) in [6.45, 7) is 0.589. The first-order valence-electron chi connectivity index (χ1n) is 2.19. The highest BCUT2D eigenvalue weighted by Gasteiger charge is 1.57. The molecule has 0 aliphatic heterocycles. The minimum Gasteiger partial charge on any atom is -0.327 e. The van der Waals surface area contributed by atoms with Crippen LogP contribution in [0, 0.1) is 0 Å². The number of aliphatic imine (C=N–C) groups is 1. The predicted molar refractivity (Wildman–Crippen MR) is 32.6 cm³/mol. The van der Waals surface area contributed by atoms with Crippen molar-refractivity contribution in [3.8, 4) is 0 Å². The molecule has 0 amide bonds. The fraction of sp³-hybridized carbons (Fsp3) is 0.400. The number of rotatable bonds is 2. The summed E-state index contributed by atoms with van der Waals surface area (Å²) in [6.07, 6.45) is 5.36. The Labute approximate surface area is 43.7 Å². The summed E-state index contributed by atoms with van der Waals surface area (Å²) in [5.41, 5.74) is 5.12. The maximum Gasteiger partial charge on any atom is 0.0277 e. The van der Waals surface area contributed by atoms with Gasteiger partial charge in [-0.25, -0.2) is 0 Å². The summed E-state index contributed by atoms with van der Waals surface area (Å²) in [4.78, 5) is 3.71. The topological polar surface area (TPSA) is 38.4 Å². The molecule has 0 radical (unpaired) electrons. The number of nitrogens with zero attached hydrogens (tertiary/aromatic N) is 1. The fourth-order valence-electron chi connectivity index (χ4n) is 0.225. The molecule has 0 aromatic carbocycles. The molecule has 2 N–H and O–H groups in total. The molecule has 0 spiro atoms. The maximum atomic E-state index is 5.12. The molecular weight excluding hydrogens is 88.1 g/mol. The third-order valence-corrected chi connectivity index (χ3v) is 0.507. The van der Waals surface area contributed by atoms with Gasteiger partial charge in [-0.1, -0.05) is 6.08 Å². The van der Waals surface area contributed by atoms with Crippen molar-refractivity contribution < 1.29 is 0 Å². The van der Waals surface area contributed by atoms with Crippen LogP contribution >= 0.6 is 0 Å². The van der Waals surface area contributed by atoms with Crippen molar-refractivity contribution in [1.29, 1.82) is 0 Å². The second-order valence-corrected chi connectivity index (χ2v) is 1.07. The zero-order valence-electron chi connectivity index (χ0n) is 4.46. The van der Waals surface area contributed by atoms with Crippen LogP contribution in [0.15, 0.2) is 17.1 Å². The second-order valence-electron chi connectivity index (χ2n) is 1.07. The normalized spacial score (nSPS) is 11.7. The zero-order valence-corrected chi connectivity index (χ0v) is 4.46. The van der Waals surface area contributed by atoms with Gasteiger partial charge in [-0.2, -0.15) is 0 Å². The molecule has 2 heteroatoms. The molecule has 40 valence electrons. The zero-order chi connectivity index (χ0) is 5.54. The summed E-state index contributed by atoms with van der Waals surface area (Å²) in [7, 11) is 1.72. The average Bonchev–Trinajstić information content (AvgIpc) is 1.69. The lowest BCUT2D eigenvalue weighted by Gasteiger charge is -1.71. The summed E-state index contributed by atoms with van der Waals surface area (Å²) in [5, 5.41) is 0. The summed E-state index contributed by atoms with van der Waals surface area (Å²) in [6, 6.07) is 0. The van der Waals surface area contributed by atoms with Gasteiger partial charge in [-0.3, -0.25) is 4.99 Å². The highest BCUT2D eigenvalue weighted by Crippen LogP contribution is 1.60. The molecule has 0 rings (SSSR count). The van der Waals surface area contributed by atoms with E-state index in [1.165, 1.54) is 0 Å². The third kappa shape index (κ3) is 5.37. The van der Waals surface area contributed by atoms with Crippen LogP contribution in [0.5, 0.6) is 0 Å². The Hall–Kier alpha value is -0.630. The lowest BCUT2D eigenvalue weighted by molar-refractivity contribution is 1.26. The first-order valence-corrected chi connectivity index (χ1v) is 2.19. The highest BCUT2D eigenvalue weighted by atomic mass is 14.6. The molecule has 0 unspecified atom stereocenters. The largest absolute Gasteiger partial charge is 0.327 e. The van der Waals surface area contributed by atoms with Crippen molar-refractivity contribution in [2.24, 2.45) is 10.7 Å². The van der Waals surface area contributed by atoms with Gasteiger partial charge in [-0.15, -0.1) is 0 Å². The Morgan fingerprint density at radius 1 is 1.71 bits per heavy atom. The fourth-order valence-corrected chi connectivity index (χ4v) is 0.225. The monoisotopic (exact) mass is 98.1 g/mol. The van der Waals surface area contributed by atoms with Gasteiger partial charge in [0, 0.05) is 19.8 Å². The minimum absolute atomic E-state index is 0.589. The summed E-state index contributed by atoms with van der Waals surface area (Å²) < 4.78 is 0. The van der Waals surface area contributed by atoms with Gasteiger partial charge in [0.2, 0.25) is 0 Å².